The minimum absolute atomic E-state index is 0.00789. The second kappa shape index (κ2) is 25.1. The zero-order chi connectivity index (χ0) is 85.7. The van der Waals surface area contributed by atoms with Crippen molar-refractivity contribution in [2.24, 2.45) is 0 Å². The van der Waals surface area contributed by atoms with Crippen LogP contribution in [0, 0.1) is 0 Å². The molecule has 0 amide bonds. The highest BCUT2D eigenvalue weighted by atomic mass is 15.2. The fourth-order valence-electron chi connectivity index (χ4n) is 16.2. The average molecular weight is 1390 g/mol. The summed E-state index contributed by atoms with van der Waals surface area (Å²) in [5, 5.41) is -0.0798. The van der Waals surface area contributed by atoms with Crippen molar-refractivity contribution in [2.45, 2.75) is 78.6 Å². The summed E-state index contributed by atoms with van der Waals surface area (Å²) >= 11 is 0. The lowest BCUT2D eigenvalue weighted by Crippen LogP contribution is -2.61. The van der Waals surface area contributed by atoms with E-state index in [-0.39, 0.29) is 61.7 Å². The van der Waals surface area contributed by atoms with Crippen LogP contribution in [-0.2, 0) is 16.2 Å². The molecule has 2 aliphatic rings. The molecule has 0 spiro atoms. The first-order chi connectivity index (χ1) is 58.2. The van der Waals surface area contributed by atoms with E-state index in [0.29, 0.717) is 22.7 Å². The van der Waals surface area contributed by atoms with Crippen molar-refractivity contribution in [2.75, 3.05) is 9.80 Å². The van der Waals surface area contributed by atoms with E-state index in [4.69, 9.17) is 5.48 Å². The van der Waals surface area contributed by atoms with Gasteiger partial charge in [-0.05, 0) is 179 Å². The first-order valence-corrected chi connectivity index (χ1v) is 36.6. The minimum Gasteiger partial charge on any atom is -0.310 e. The number of hydrogen-bond acceptors (Lipinski definition) is 2. The highest BCUT2D eigenvalue weighted by molar-refractivity contribution is 7.00. The Morgan fingerprint density at radius 3 is 0.907 bits per heavy atom. The first-order valence-electron chi connectivity index (χ1n) is 44.1. The minimum atomic E-state index is -0.750. The van der Waals surface area contributed by atoms with Gasteiger partial charge in [0, 0.05) is 77.9 Å². The van der Waals surface area contributed by atoms with E-state index in [1.807, 2.05) is 103 Å². The SMILES string of the molecule is [2H]c1cc([2H])c2c(c1[2H])c1c([2H])c([2H])c([2H])c([2H])c1n2-c1ccc2c(c1)N(c1c(-c3ccccc3)cc(C(C)(C)C)cc1-c1ccccc1)c1cc(C(C)(C)C)cc3c1B2c1ccc(-n2c4c([2H])c([2H])c([2H])c([2H])c4c4c([2H])c([2H])c([2H])c([2H])c42)cc1N3c1c(-c2ccc(-c3ccccc3)cc2)cc(C(C)(C)C)cc1-c1ccc(-c2ccccc2)cc1. The molecule has 2 aliphatic heterocycles. The Morgan fingerprint density at radius 2 is 0.551 bits per heavy atom. The van der Waals surface area contributed by atoms with Gasteiger partial charge in [0.2, 0.25) is 0 Å². The van der Waals surface area contributed by atoms with Crippen LogP contribution >= 0.6 is 0 Å². The van der Waals surface area contributed by atoms with Crippen LogP contribution in [0.1, 0.15) is 99.6 Å². The lowest BCUT2D eigenvalue weighted by atomic mass is 9.33. The molecule has 15 aromatic carbocycles. The molecule has 17 aromatic rings. The molecule has 19 rings (SSSR count). The number of aromatic nitrogens is 2. The topological polar surface area (TPSA) is 16.3 Å². The Morgan fingerprint density at radius 1 is 0.262 bits per heavy atom. The summed E-state index contributed by atoms with van der Waals surface area (Å²) in [5.41, 5.74) is 20.3. The monoisotopic (exact) mass is 1390 g/mol. The van der Waals surface area contributed by atoms with E-state index in [1.54, 1.807) is 9.13 Å². The zero-order valence-electron chi connectivity index (χ0n) is 76.0. The van der Waals surface area contributed by atoms with Crippen molar-refractivity contribution in [3.63, 3.8) is 0 Å². The largest absolute Gasteiger partial charge is 0.310 e. The highest BCUT2D eigenvalue weighted by Crippen LogP contribution is 2.56. The summed E-state index contributed by atoms with van der Waals surface area (Å²) in [6.07, 6.45) is 0. The summed E-state index contributed by atoms with van der Waals surface area (Å²) in [5.74, 6) is 0. The number of para-hydroxylation sites is 4. The van der Waals surface area contributed by atoms with Gasteiger partial charge in [0.05, 0.1) is 54.0 Å². The number of fused-ring (bicyclic) bond motifs is 10. The number of hydrogen-bond donors (Lipinski definition) is 0. The molecule has 4 nitrogen and oxygen atoms in total. The second-order valence-corrected chi connectivity index (χ2v) is 31.4. The van der Waals surface area contributed by atoms with Gasteiger partial charge in [-0.25, -0.2) is 0 Å². The molecule has 514 valence electrons. The summed E-state index contributed by atoms with van der Waals surface area (Å²) in [6.45, 7) is 19.2. The predicted octanol–water partition coefficient (Wildman–Crippen LogP) is 25.9. The van der Waals surface area contributed by atoms with Gasteiger partial charge in [0.25, 0.3) is 6.71 Å². The first kappa shape index (κ1) is 50.9. The summed E-state index contributed by atoms with van der Waals surface area (Å²) in [4.78, 5) is 4.76. The van der Waals surface area contributed by atoms with Crippen LogP contribution in [0.2, 0.25) is 0 Å². The Kier molecular flexibility index (Phi) is 12.0. The average Bonchev–Trinajstić information content (AvgIpc) is 0.927. The standard InChI is InChI=1S/C102H83BN4/c1-100(2,3)74-58-83(70-34-18-12-19-35-70)98(84(59-74)71-36-20-13-21-37-71)106-93-64-77(104-89-42-26-22-38-79(89)80-39-23-27-43-90(80)104)54-56-87(93)103-88-57-55-78(105-91-44-28-24-40-81(91)82-41-25-29-45-92(82)105)65-94(88)107(96-63-76(102(7,8)9)62-95(106)97(96)103)99-85(72-50-46-68(47-51-72)66-30-14-10-15-31-66)60-75(101(4,5)6)61-86(99)73-52-48-69(49-53-73)67-32-16-11-17-33-67/h10-65H,1-9H3/i22D,23D,24D,25D,26D,28D,29D,38D,39D,40D,41D,42D,43D,44D,45D. The van der Waals surface area contributed by atoms with Crippen LogP contribution in [0.3, 0.4) is 0 Å². The Hall–Kier alpha value is -12.4. The molecule has 0 aliphatic carbocycles. The predicted molar refractivity (Wildman–Crippen MR) is 458 cm³/mol. The van der Waals surface area contributed by atoms with Crippen LogP contribution in [0.5, 0.6) is 0 Å². The lowest BCUT2D eigenvalue weighted by Gasteiger charge is -2.47. The molecule has 0 N–H and O–H groups in total. The fraction of sp³-hybridized carbons (Fsp3) is 0.118. The molecule has 2 aromatic heterocycles. The van der Waals surface area contributed by atoms with E-state index in [1.165, 1.54) is 6.07 Å². The molecule has 0 bridgehead atoms. The molecule has 0 saturated heterocycles. The molecular weight excluding hydrogens is 1290 g/mol. The molecule has 0 saturated carbocycles. The molecule has 0 radical (unpaired) electrons. The summed E-state index contributed by atoms with van der Waals surface area (Å²) in [7, 11) is 0. The van der Waals surface area contributed by atoms with Crippen molar-refractivity contribution >= 4 is 101 Å². The number of benzene rings is 15. The maximum Gasteiger partial charge on any atom is 0.252 e. The van der Waals surface area contributed by atoms with Gasteiger partial charge < -0.3 is 18.9 Å². The Balaban J connectivity index is 1.03. The van der Waals surface area contributed by atoms with Gasteiger partial charge in [-0.2, -0.15) is 0 Å². The third-order valence-corrected chi connectivity index (χ3v) is 21.7. The van der Waals surface area contributed by atoms with Crippen LogP contribution in [-0.4, -0.2) is 15.8 Å². The smallest absolute Gasteiger partial charge is 0.252 e. The van der Waals surface area contributed by atoms with Gasteiger partial charge in [-0.1, -0.05) is 317 Å². The third-order valence-electron chi connectivity index (χ3n) is 21.7. The van der Waals surface area contributed by atoms with E-state index in [0.717, 1.165) is 123 Å². The van der Waals surface area contributed by atoms with Crippen LogP contribution < -0.4 is 26.2 Å². The molecule has 0 unspecified atom stereocenters. The van der Waals surface area contributed by atoms with Crippen molar-refractivity contribution in [1.82, 2.24) is 9.13 Å². The van der Waals surface area contributed by atoms with Crippen molar-refractivity contribution < 1.29 is 20.6 Å². The molecular formula is C102H83BN4. The van der Waals surface area contributed by atoms with E-state index in [2.05, 4.69) is 212 Å². The fourth-order valence-corrected chi connectivity index (χ4v) is 16.2. The molecule has 0 fully saturated rings. The Labute approximate surface area is 649 Å². The zero-order valence-corrected chi connectivity index (χ0v) is 61.0. The molecule has 107 heavy (non-hydrogen) atoms. The van der Waals surface area contributed by atoms with Crippen molar-refractivity contribution in [1.29, 1.82) is 0 Å². The summed E-state index contributed by atoms with van der Waals surface area (Å²) < 4.78 is 146. The van der Waals surface area contributed by atoms with Gasteiger partial charge in [0.15, 0.2) is 0 Å². The van der Waals surface area contributed by atoms with Gasteiger partial charge >= 0.3 is 0 Å². The lowest BCUT2D eigenvalue weighted by molar-refractivity contribution is 0.590. The maximum absolute atomic E-state index is 9.96. The second-order valence-electron chi connectivity index (χ2n) is 31.4. The van der Waals surface area contributed by atoms with E-state index < -0.39 is 95.5 Å². The summed E-state index contributed by atoms with van der Waals surface area (Å²) in [6, 6.07) is 79.3. The van der Waals surface area contributed by atoms with Crippen LogP contribution in [0.15, 0.2) is 339 Å². The third kappa shape index (κ3) is 11.0. The molecule has 0 atom stereocenters. The Bertz CT molecular complexity index is 7050. The molecule has 5 heteroatoms. The number of rotatable bonds is 10. The van der Waals surface area contributed by atoms with E-state index in [9.17, 15) is 15.1 Å². The molecule has 4 heterocycles. The normalized spacial score (nSPS) is 14.8. The van der Waals surface area contributed by atoms with Gasteiger partial charge in [-0.3, -0.25) is 0 Å². The van der Waals surface area contributed by atoms with Crippen molar-refractivity contribution in [3.05, 3.63) is 356 Å². The quantitative estimate of drug-likeness (QED) is 0.127. The highest BCUT2D eigenvalue weighted by Gasteiger charge is 2.47. The number of nitrogens with zero attached hydrogens (tertiary/aromatic N) is 4. The van der Waals surface area contributed by atoms with Gasteiger partial charge in [-0.15, -0.1) is 0 Å². The van der Waals surface area contributed by atoms with E-state index >= 15 is 0 Å². The van der Waals surface area contributed by atoms with Gasteiger partial charge in [0.1, 0.15) is 0 Å². The van der Waals surface area contributed by atoms with Crippen molar-refractivity contribution in [3.8, 4) is 78.1 Å². The van der Waals surface area contributed by atoms with Crippen LogP contribution in [0.25, 0.3) is 122 Å². The number of anilines is 6. The maximum atomic E-state index is 9.96. The van der Waals surface area contributed by atoms with Crippen LogP contribution in [0.4, 0.5) is 34.1 Å².